The van der Waals surface area contributed by atoms with Crippen LogP contribution in [-0.2, 0) is 4.79 Å². The van der Waals surface area contributed by atoms with Gasteiger partial charge in [-0.15, -0.1) is 0 Å². The van der Waals surface area contributed by atoms with Crippen LogP contribution in [0, 0.1) is 0 Å². The summed E-state index contributed by atoms with van der Waals surface area (Å²) in [5.74, 6) is -0.256. The lowest BCUT2D eigenvalue weighted by atomic mass is 10.2. The minimum atomic E-state index is -0.256. The molecule has 1 rings (SSSR count). The van der Waals surface area contributed by atoms with Gasteiger partial charge in [0.2, 0.25) is 5.91 Å². The molecule has 1 aliphatic rings. The predicted octanol–water partition coefficient (Wildman–Crippen LogP) is -0.245. The molecule has 1 aliphatic carbocycles. The largest absolute Gasteiger partial charge is 0.392 e. The normalized spacial score (nSPS) is 27.8. The smallest absolute Gasteiger partial charge is 0.217 e. The van der Waals surface area contributed by atoms with Crippen molar-refractivity contribution in [2.24, 2.45) is 5.73 Å². The minimum Gasteiger partial charge on any atom is -0.392 e. The zero-order chi connectivity index (χ0) is 9.68. The molecular weight excluding hydrogens is 168 g/mol. The number of nitrogens with two attached hydrogens (primary N) is 1. The van der Waals surface area contributed by atoms with Crippen molar-refractivity contribution in [2.75, 3.05) is 6.54 Å². The molecule has 4 nitrogen and oxygen atoms in total. The SMILES string of the molecule is NC(=O)CCCN[C@@H]1CCC[C@H]1O. The van der Waals surface area contributed by atoms with E-state index in [2.05, 4.69) is 5.32 Å². The highest BCUT2D eigenvalue weighted by Crippen LogP contribution is 2.18. The molecule has 13 heavy (non-hydrogen) atoms. The molecule has 1 amide bonds. The summed E-state index contributed by atoms with van der Waals surface area (Å²) in [5.41, 5.74) is 5.00. The molecule has 2 atom stereocenters. The lowest BCUT2D eigenvalue weighted by Crippen LogP contribution is -2.36. The van der Waals surface area contributed by atoms with E-state index < -0.39 is 0 Å². The Balaban J connectivity index is 2.02. The Morgan fingerprint density at radius 1 is 1.54 bits per heavy atom. The monoisotopic (exact) mass is 186 g/mol. The summed E-state index contributed by atoms with van der Waals surface area (Å²) in [6.07, 6.45) is 4.02. The van der Waals surface area contributed by atoms with Crippen molar-refractivity contribution in [1.29, 1.82) is 0 Å². The van der Waals surface area contributed by atoms with E-state index in [1.54, 1.807) is 0 Å². The van der Waals surface area contributed by atoms with Gasteiger partial charge >= 0.3 is 0 Å². The van der Waals surface area contributed by atoms with Crippen LogP contribution < -0.4 is 11.1 Å². The third-order valence-electron chi connectivity index (χ3n) is 2.49. The van der Waals surface area contributed by atoms with Crippen molar-refractivity contribution in [3.8, 4) is 0 Å². The van der Waals surface area contributed by atoms with Crippen molar-refractivity contribution in [2.45, 2.75) is 44.2 Å². The Hall–Kier alpha value is -0.610. The van der Waals surface area contributed by atoms with Gasteiger partial charge in [-0.3, -0.25) is 4.79 Å². The molecule has 0 spiro atoms. The molecule has 1 fully saturated rings. The number of primary amides is 1. The molecule has 76 valence electrons. The Morgan fingerprint density at radius 2 is 2.31 bits per heavy atom. The van der Waals surface area contributed by atoms with Crippen LogP contribution in [0.25, 0.3) is 0 Å². The number of hydrogen-bond donors (Lipinski definition) is 3. The number of nitrogens with one attached hydrogen (secondary N) is 1. The topological polar surface area (TPSA) is 75.4 Å². The van der Waals surface area contributed by atoms with E-state index in [-0.39, 0.29) is 18.1 Å². The first-order valence-electron chi connectivity index (χ1n) is 4.90. The first-order chi connectivity index (χ1) is 6.20. The highest BCUT2D eigenvalue weighted by molar-refractivity contribution is 5.73. The van der Waals surface area contributed by atoms with Crippen LogP contribution in [0.4, 0.5) is 0 Å². The van der Waals surface area contributed by atoms with E-state index in [1.165, 1.54) is 0 Å². The average molecular weight is 186 g/mol. The number of aliphatic hydroxyl groups is 1. The van der Waals surface area contributed by atoms with Crippen LogP contribution in [0.2, 0.25) is 0 Å². The van der Waals surface area contributed by atoms with Gasteiger partial charge in [-0.1, -0.05) is 0 Å². The quantitative estimate of drug-likeness (QED) is 0.518. The van der Waals surface area contributed by atoms with Crippen LogP contribution >= 0.6 is 0 Å². The van der Waals surface area contributed by atoms with E-state index in [4.69, 9.17) is 5.73 Å². The zero-order valence-corrected chi connectivity index (χ0v) is 7.83. The number of carbonyl (C=O) groups excluding carboxylic acids is 1. The maximum absolute atomic E-state index is 10.4. The van der Waals surface area contributed by atoms with Gasteiger partial charge in [0.05, 0.1) is 6.10 Å². The fraction of sp³-hybridized carbons (Fsp3) is 0.889. The van der Waals surface area contributed by atoms with Crippen LogP contribution in [0.15, 0.2) is 0 Å². The molecule has 4 heteroatoms. The minimum absolute atomic E-state index is 0.200. The molecule has 0 bridgehead atoms. The van der Waals surface area contributed by atoms with E-state index in [1.807, 2.05) is 0 Å². The van der Waals surface area contributed by atoms with Crippen molar-refractivity contribution in [1.82, 2.24) is 5.32 Å². The maximum atomic E-state index is 10.4. The molecular formula is C9H18N2O2. The first-order valence-corrected chi connectivity index (χ1v) is 4.90. The third-order valence-corrected chi connectivity index (χ3v) is 2.49. The molecule has 0 unspecified atom stereocenters. The summed E-state index contributed by atoms with van der Waals surface area (Å²) >= 11 is 0. The summed E-state index contributed by atoms with van der Waals surface area (Å²) in [6, 6.07) is 0.230. The maximum Gasteiger partial charge on any atom is 0.217 e. The molecule has 0 aromatic rings. The average Bonchev–Trinajstić information content (AvgIpc) is 2.45. The van der Waals surface area contributed by atoms with Crippen LogP contribution in [-0.4, -0.2) is 29.7 Å². The van der Waals surface area contributed by atoms with E-state index >= 15 is 0 Å². The van der Waals surface area contributed by atoms with Crippen LogP contribution in [0.5, 0.6) is 0 Å². The molecule has 0 aromatic carbocycles. The fourth-order valence-electron chi connectivity index (χ4n) is 1.73. The summed E-state index contributed by atoms with van der Waals surface area (Å²) in [5, 5.41) is 12.7. The van der Waals surface area contributed by atoms with E-state index in [9.17, 15) is 9.90 Å². The zero-order valence-electron chi connectivity index (χ0n) is 7.83. The number of hydrogen-bond acceptors (Lipinski definition) is 3. The lowest BCUT2D eigenvalue weighted by Gasteiger charge is -2.15. The third kappa shape index (κ3) is 3.74. The van der Waals surface area contributed by atoms with Gasteiger partial charge in [-0.05, 0) is 32.2 Å². The number of aliphatic hydroxyl groups excluding tert-OH is 1. The summed E-state index contributed by atoms with van der Waals surface area (Å²) < 4.78 is 0. The second kappa shape index (κ2) is 5.19. The highest BCUT2D eigenvalue weighted by atomic mass is 16.3. The van der Waals surface area contributed by atoms with E-state index in [0.717, 1.165) is 32.2 Å². The Bertz CT molecular complexity index is 173. The van der Waals surface area contributed by atoms with Gasteiger partial charge < -0.3 is 16.2 Å². The molecule has 0 heterocycles. The van der Waals surface area contributed by atoms with Gasteiger partial charge in [0.15, 0.2) is 0 Å². The van der Waals surface area contributed by atoms with Crippen molar-refractivity contribution in [3.63, 3.8) is 0 Å². The molecule has 0 aromatic heterocycles. The van der Waals surface area contributed by atoms with Crippen LogP contribution in [0.3, 0.4) is 0 Å². The number of rotatable bonds is 5. The molecule has 0 aliphatic heterocycles. The Morgan fingerprint density at radius 3 is 2.85 bits per heavy atom. The van der Waals surface area contributed by atoms with Gasteiger partial charge in [-0.25, -0.2) is 0 Å². The molecule has 4 N–H and O–H groups in total. The molecule has 0 radical (unpaired) electrons. The molecule has 0 saturated heterocycles. The number of carbonyl (C=O) groups is 1. The first kappa shape index (κ1) is 10.5. The lowest BCUT2D eigenvalue weighted by molar-refractivity contribution is -0.118. The molecule has 1 saturated carbocycles. The Labute approximate surface area is 78.5 Å². The van der Waals surface area contributed by atoms with Gasteiger partial charge in [0.25, 0.3) is 0 Å². The second-order valence-corrected chi connectivity index (χ2v) is 3.63. The van der Waals surface area contributed by atoms with Gasteiger partial charge in [0, 0.05) is 12.5 Å². The van der Waals surface area contributed by atoms with Crippen molar-refractivity contribution in [3.05, 3.63) is 0 Å². The standard InChI is InChI=1S/C9H18N2O2/c10-9(13)5-2-6-11-7-3-1-4-8(7)12/h7-8,11-12H,1-6H2,(H2,10,13)/t7-,8-/m1/s1. The number of amides is 1. The summed E-state index contributed by atoms with van der Waals surface area (Å²) in [4.78, 5) is 10.4. The Kier molecular flexibility index (Phi) is 4.18. The van der Waals surface area contributed by atoms with Gasteiger partial charge in [-0.2, -0.15) is 0 Å². The van der Waals surface area contributed by atoms with Crippen LogP contribution in [0.1, 0.15) is 32.1 Å². The summed E-state index contributed by atoms with van der Waals surface area (Å²) in [6.45, 7) is 0.769. The van der Waals surface area contributed by atoms with E-state index in [0.29, 0.717) is 6.42 Å². The van der Waals surface area contributed by atoms with Gasteiger partial charge in [0.1, 0.15) is 0 Å². The highest BCUT2D eigenvalue weighted by Gasteiger charge is 2.23. The summed E-state index contributed by atoms with van der Waals surface area (Å²) in [7, 11) is 0. The predicted molar refractivity (Wildman–Crippen MR) is 50.1 cm³/mol. The van der Waals surface area contributed by atoms with Crippen molar-refractivity contribution >= 4 is 5.91 Å². The fourth-order valence-corrected chi connectivity index (χ4v) is 1.73. The van der Waals surface area contributed by atoms with Crippen molar-refractivity contribution < 1.29 is 9.90 Å². The second-order valence-electron chi connectivity index (χ2n) is 3.63.